The zero-order valence-corrected chi connectivity index (χ0v) is 10.5. The molecule has 0 N–H and O–H groups in total. The van der Waals surface area contributed by atoms with E-state index in [-0.39, 0.29) is 5.63 Å². The first-order valence-electron chi connectivity index (χ1n) is 3.98. The van der Waals surface area contributed by atoms with Gasteiger partial charge in [-0.2, -0.15) is 0 Å². The van der Waals surface area contributed by atoms with Crippen LogP contribution in [0.3, 0.4) is 0 Å². The lowest BCUT2D eigenvalue weighted by Gasteiger charge is -2.02. The first-order valence-corrected chi connectivity index (χ1v) is 5.56. The van der Waals surface area contributed by atoms with Crippen molar-refractivity contribution in [3.05, 3.63) is 43.1 Å². The molecule has 0 atom stereocenters. The predicted octanol–water partition coefficient (Wildman–Crippen LogP) is 3.63. The Morgan fingerprint density at radius 1 is 1.29 bits per heavy atom. The van der Waals surface area contributed by atoms with E-state index in [4.69, 9.17) is 4.42 Å². The van der Waals surface area contributed by atoms with Crippen LogP contribution in [0.25, 0.3) is 11.0 Å². The summed E-state index contributed by atoms with van der Waals surface area (Å²) < 4.78 is 6.56. The number of rotatable bonds is 0. The molecule has 1 heterocycles. The second-order valence-corrected chi connectivity index (χ2v) is 4.68. The summed E-state index contributed by atoms with van der Waals surface area (Å²) in [4.78, 5) is 11.3. The fourth-order valence-corrected chi connectivity index (χ4v) is 1.96. The average Bonchev–Trinajstić information content (AvgIpc) is 2.16. The molecule has 0 amide bonds. The van der Waals surface area contributed by atoms with Crippen molar-refractivity contribution in [2.45, 2.75) is 6.92 Å². The van der Waals surface area contributed by atoms with Gasteiger partial charge >= 0.3 is 5.63 Å². The molecular formula is C10H6Br2O2. The van der Waals surface area contributed by atoms with Crippen LogP contribution in [0.5, 0.6) is 0 Å². The largest absolute Gasteiger partial charge is 0.422 e. The number of aryl methyl sites for hydroxylation is 1. The van der Waals surface area contributed by atoms with Crippen molar-refractivity contribution in [2.75, 3.05) is 0 Å². The number of hydrogen-bond donors (Lipinski definition) is 0. The highest BCUT2D eigenvalue weighted by Crippen LogP contribution is 2.25. The first kappa shape index (κ1) is 9.93. The second kappa shape index (κ2) is 3.51. The molecule has 0 saturated heterocycles. The Kier molecular flexibility index (Phi) is 2.49. The molecule has 0 spiro atoms. The maximum Gasteiger partial charge on any atom is 0.350 e. The van der Waals surface area contributed by atoms with Gasteiger partial charge < -0.3 is 4.42 Å². The lowest BCUT2D eigenvalue weighted by atomic mass is 10.1. The van der Waals surface area contributed by atoms with Gasteiger partial charge in [0, 0.05) is 9.86 Å². The van der Waals surface area contributed by atoms with Gasteiger partial charge in [0.15, 0.2) is 0 Å². The zero-order valence-electron chi connectivity index (χ0n) is 7.30. The van der Waals surface area contributed by atoms with E-state index in [9.17, 15) is 4.79 Å². The summed E-state index contributed by atoms with van der Waals surface area (Å²) in [6.07, 6.45) is 0. The Morgan fingerprint density at radius 2 is 2.00 bits per heavy atom. The number of hydrogen-bond acceptors (Lipinski definition) is 2. The quantitative estimate of drug-likeness (QED) is 0.695. The molecule has 72 valence electrons. The number of benzene rings is 1. The lowest BCUT2D eigenvalue weighted by molar-refractivity contribution is 0.555. The molecule has 2 nitrogen and oxygen atoms in total. The average molecular weight is 318 g/mol. The highest BCUT2D eigenvalue weighted by molar-refractivity contribution is 9.10. The molecule has 0 saturated carbocycles. The van der Waals surface area contributed by atoms with Crippen LogP contribution in [0, 0.1) is 6.92 Å². The van der Waals surface area contributed by atoms with Gasteiger partial charge in [-0.1, -0.05) is 15.9 Å². The summed E-state index contributed by atoms with van der Waals surface area (Å²) >= 11 is 6.58. The molecular weight excluding hydrogens is 312 g/mol. The minimum absolute atomic E-state index is 0.336. The Labute approximate surface area is 97.2 Å². The van der Waals surface area contributed by atoms with Crippen LogP contribution in [0.2, 0.25) is 0 Å². The van der Waals surface area contributed by atoms with Gasteiger partial charge in [-0.25, -0.2) is 4.79 Å². The normalized spacial score (nSPS) is 10.8. The van der Waals surface area contributed by atoms with E-state index in [0.29, 0.717) is 10.1 Å². The Balaban J connectivity index is 2.99. The standard InChI is InChI=1S/C10H6Br2O2/c1-5-7-4-6(11)2-3-8(7)14-10(13)9(5)12/h2-4H,1H3. The first-order chi connectivity index (χ1) is 6.59. The van der Waals surface area contributed by atoms with E-state index >= 15 is 0 Å². The lowest BCUT2D eigenvalue weighted by Crippen LogP contribution is -2.01. The van der Waals surface area contributed by atoms with Crippen molar-refractivity contribution in [3.63, 3.8) is 0 Å². The molecule has 4 heteroatoms. The van der Waals surface area contributed by atoms with Gasteiger partial charge in [0.05, 0.1) is 0 Å². The van der Waals surface area contributed by atoms with Crippen molar-refractivity contribution >= 4 is 42.8 Å². The summed E-state index contributed by atoms with van der Waals surface area (Å²) in [5.41, 5.74) is 1.17. The fourth-order valence-electron chi connectivity index (χ4n) is 1.30. The van der Waals surface area contributed by atoms with Crippen molar-refractivity contribution < 1.29 is 4.42 Å². The summed E-state index contributed by atoms with van der Waals surface area (Å²) in [7, 11) is 0. The van der Waals surface area contributed by atoms with Crippen LogP contribution in [0.4, 0.5) is 0 Å². The Morgan fingerprint density at radius 3 is 2.71 bits per heavy atom. The van der Waals surface area contributed by atoms with Gasteiger partial charge in [0.1, 0.15) is 10.1 Å². The van der Waals surface area contributed by atoms with E-state index < -0.39 is 0 Å². The Hall–Kier alpha value is -0.610. The van der Waals surface area contributed by atoms with E-state index in [1.165, 1.54) is 0 Å². The highest BCUT2D eigenvalue weighted by Gasteiger charge is 2.08. The third-order valence-corrected chi connectivity index (χ3v) is 3.47. The smallest absolute Gasteiger partial charge is 0.350 e. The van der Waals surface area contributed by atoms with E-state index in [0.717, 1.165) is 15.4 Å². The monoisotopic (exact) mass is 316 g/mol. The van der Waals surface area contributed by atoms with Gasteiger partial charge in [-0.3, -0.25) is 0 Å². The summed E-state index contributed by atoms with van der Waals surface area (Å²) in [6, 6.07) is 5.55. The molecule has 0 fully saturated rings. The van der Waals surface area contributed by atoms with Crippen molar-refractivity contribution in [1.29, 1.82) is 0 Å². The third kappa shape index (κ3) is 1.53. The molecule has 1 aromatic carbocycles. The molecule has 14 heavy (non-hydrogen) atoms. The van der Waals surface area contributed by atoms with Gasteiger partial charge in [0.25, 0.3) is 0 Å². The molecule has 0 aliphatic rings. The molecule has 2 aromatic rings. The maximum absolute atomic E-state index is 11.3. The molecule has 0 radical (unpaired) electrons. The molecule has 0 aliphatic carbocycles. The maximum atomic E-state index is 11.3. The van der Waals surface area contributed by atoms with Crippen LogP contribution in [-0.2, 0) is 0 Å². The van der Waals surface area contributed by atoms with E-state index in [2.05, 4.69) is 31.9 Å². The van der Waals surface area contributed by atoms with Gasteiger partial charge in [-0.05, 0) is 46.6 Å². The van der Waals surface area contributed by atoms with E-state index in [1.54, 1.807) is 6.07 Å². The minimum atomic E-state index is -0.336. The Bertz CT molecular complexity index is 558. The van der Waals surface area contributed by atoms with Gasteiger partial charge in [0.2, 0.25) is 0 Å². The zero-order chi connectivity index (χ0) is 10.3. The van der Waals surface area contributed by atoms with Crippen LogP contribution < -0.4 is 5.63 Å². The summed E-state index contributed by atoms with van der Waals surface area (Å²) in [6.45, 7) is 1.88. The molecule has 2 rings (SSSR count). The van der Waals surface area contributed by atoms with Crippen molar-refractivity contribution in [1.82, 2.24) is 0 Å². The number of fused-ring (bicyclic) bond motifs is 1. The van der Waals surface area contributed by atoms with Crippen LogP contribution in [-0.4, -0.2) is 0 Å². The topological polar surface area (TPSA) is 30.2 Å². The fraction of sp³-hybridized carbons (Fsp3) is 0.100. The molecule has 0 aliphatic heterocycles. The highest BCUT2D eigenvalue weighted by atomic mass is 79.9. The summed E-state index contributed by atoms with van der Waals surface area (Å²) in [5.74, 6) is 0. The SMILES string of the molecule is Cc1c(Br)c(=O)oc2ccc(Br)cc12. The molecule has 0 bridgehead atoms. The van der Waals surface area contributed by atoms with Gasteiger partial charge in [-0.15, -0.1) is 0 Å². The minimum Gasteiger partial charge on any atom is -0.422 e. The van der Waals surface area contributed by atoms with Crippen molar-refractivity contribution in [2.24, 2.45) is 0 Å². The summed E-state index contributed by atoms with van der Waals surface area (Å²) in [5, 5.41) is 0.936. The second-order valence-electron chi connectivity index (χ2n) is 2.97. The van der Waals surface area contributed by atoms with Crippen LogP contribution >= 0.6 is 31.9 Å². The predicted molar refractivity (Wildman–Crippen MR) is 62.6 cm³/mol. The van der Waals surface area contributed by atoms with E-state index in [1.807, 2.05) is 19.1 Å². The number of halogens is 2. The van der Waals surface area contributed by atoms with Crippen molar-refractivity contribution in [3.8, 4) is 0 Å². The van der Waals surface area contributed by atoms with Crippen LogP contribution in [0.15, 0.2) is 36.4 Å². The molecule has 1 aromatic heterocycles. The molecule has 0 unspecified atom stereocenters. The van der Waals surface area contributed by atoms with Crippen LogP contribution in [0.1, 0.15) is 5.56 Å². The third-order valence-electron chi connectivity index (χ3n) is 2.06.